The van der Waals surface area contributed by atoms with Gasteiger partial charge in [0.2, 0.25) is 0 Å². The minimum absolute atomic E-state index is 0.286. The SMILES string of the molecule is CCP(CC)CCN(CCOC)CCP(CC)CC. The van der Waals surface area contributed by atoms with Gasteiger partial charge in [-0.2, -0.15) is 0 Å². The summed E-state index contributed by atoms with van der Waals surface area (Å²) in [6, 6.07) is 0. The predicted octanol–water partition coefficient (Wildman–Crippen LogP) is 3.98. The van der Waals surface area contributed by atoms with Gasteiger partial charge < -0.3 is 9.64 Å². The summed E-state index contributed by atoms with van der Waals surface area (Å²) in [4.78, 5) is 2.64. The Labute approximate surface area is 124 Å². The molecule has 4 heteroatoms. The molecule has 2 nitrogen and oxygen atoms in total. The van der Waals surface area contributed by atoms with Gasteiger partial charge >= 0.3 is 0 Å². The highest BCUT2D eigenvalue weighted by molar-refractivity contribution is 7.57. The lowest BCUT2D eigenvalue weighted by molar-refractivity contribution is 0.155. The summed E-state index contributed by atoms with van der Waals surface area (Å²) in [7, 11) is 2.39. The van der Waals surface area contributed by atoms with Crippen molar-refractivity contribution in [2.45, 2.75) is 27.7 Å². The molecule has 0 fully saturated rings. The molecule has 0 rings (SSSR count). The van der Waals surface area contributed by atoms with Crippen LogP contribution < -0.4 is 0 Å². The molecular weight excluding hydrogens is 272 g/mol. The number of rotatable bonds is 13. The number of hydrogen-bond donors (Lipinski definition) is 0. The van der Waals surface area contributed by atoms with Crippen molar-refractivity contribution in [1.82, 2.24) is 4.90 Å². The van der Waals surface area contributed by atoms with Crippen LogP contribution in [-0.2, 0) is 4.74 Å². The molecule has 0 aliphatic rings. The van der Waals surface area contributed by atoms with Crippen molar-refractivity contribution in [3.8, 4) is 0 Å². The summed E-state index contributed by atoms with van der Waals surface area (Å²) >= 11 is 0. The van der Waals surface area contributed by atoms with Crippen LogP contribution in [0.5, 0.6) is 0 Å². The maximum absolute atomic E-state index is 5.26. The molecule has 0 heterocycles. The van der Waals surface area contributed by atoms with Gasteiger partial charge in [0.15, 0.2) is 0 Å². The molecule has 0 aliphatic carbocycles. The zero-order valence-corrected chi connectivity index (χ0v) is 15.6. The van der Waals surface area contributed by atoms with E-state index in [2.05, 4.69) is 32.6 Å². The van der Waals surface area contributed by atoms with Crippen LogP contribution in [0.1, 0.15) is 27.7 Å². The second-order valence-electron chi connectivity index (χ2n) is 4.89. The average molecular weight is 307 g/mol. The molecule has 0 saturated carbocycles. The molecule has 0 amide bonds. The lowest BCUT2D eigenvalue weighted by Gasteiger charge is -2.26. The van der Waals surface area contributed by atoms with Gasteiger partial charge in [-0.15, -0.1) is 15.8 Å². The van der Waals surface area contributed by atoms with Crippen LogP contribution in [0.3, 0.4) is 0 Å². The molecule has 116 valence electrons. The van der Waals surface area contributed by atoms with E-state index >= 15 is 0 Å². The summed E-state index contributed by atoms with van der Waals surface area (Å²) in [6.45, 7) is 14.0. The van der Waals surface area contributed by atoms with E-state index in [0.29, 0.717) is 0 Å². The number of hydrogen-bond acceptors (Lipinski definition) is 2. The summed E-state index contributed by atoms with van der Waals surface area (Å²) < 4.78 is 5.26. The average Bonchev–Trinajstić information content (AvgIpc) is 2.45. The highest BCUT2D eigenvalue weighted by atomic mass is 31.1. The molecule has 0 unspecified atom stereocenters. The normalized spacial score (nSPS) is 12.0. The van der Waals surface area contributed by atoms with E-state index in [1.165, 1.54) is 50.1 Å². The van der Waals surface area contributed by atoms with Crippen LogP contribution in [0.15, 0.2) is 0 Å². The number of nitrogens with zero attached hydrogens (tertiary/aromatic N) is 1. The Morgan fingerprint density at radius 3 is 1.47 bits per heavy atom. The summed E-state index contributed by atoms with van der Waals surface area (Å²) in [6.07, 6.45) is 8.40. The van der Waals surface area contributed by atoms with Crippen LogP contribution in [0.4, 0.5) is 0 Å². The molecule has 0 bridgehead atoms. The lowest BCUT2D eigenvalue weighted by atomic mass is 10.5. The molecule has 0 aromatic heterocycles. The third-order valence-electron chi connectivity index (χ3n) is 3.87. The van der Waals surface area contributed by atoms with E-state index in [9.17, 15) is 0 Å². The zero-order valence-electron chi connectivity index (χ0n) is 13.8. The van der Waals surface area contributed by atoms with E-state index in [1.54, 1.807) is 0 Å². The molecule has 19 heavy (non-hydrogen) atoms. The van der Waals surface area contributed by atoms with Gasteiger partial charge in [0.1, 0.15) is 0 Å². The van der Waals surface area contributed by atoms with Crippen molar-refractivity contribution in [2.75, 3.05) is 70.3 Å². The molecule has 0 atom stereocenters. The maximum atomic E-state index is 5.26. The molecule has 0 aliphatic heterocycles. The summed E-state index contributed by atoms with van der Waals surface area (Å²) in [5, 5.41) is 0. The van der Waals surface area contributed by atoms with E-state index in [0.717, 1.165) is 13.2 Å². The van der Waals surface area contributed by atoms with Crippen LogP contribution in [-0.4, -0.2) is 75.2 Å². The number of ether oxygens (including phenoxy) is 1. The second kappa shape index (κ2) is 13.7. The van der Waals surface area contributed by atoms with Crippen LogP contribution >= 0.6 is 15.8 Å². The van der Waals surface area contributed by atoms with Gasteiger partial charge in [0.05, 0.1) is 6.61 Å². The Morgan fingerprint density at radius 2 is 1.16 bits per heavy atom. The van der Waals surface area contributed by atoms with Crippen molar-refractivity contribution < 1.29 is 4.74 Å². The van der Waals surface area contributed by atoms with Gasteiger partial charge in [-0.25, -0.2) is 0 Å². The van der Waals surface area contributed by atoms with Crippen molar-refractivity contribution in [3.63, 3.8) is 0 Å². The quantitative estimate of drug-likeness (QED) is 0.477. The molecule has 0 aromatic rings. The Balaban J connectivity index is 4.06. The predicted molar refractivity (Wildman–Crippen MR) is 94.1 cm³/mol. The monoisotopic (exact) mass is 307 g/mol. The maximum Gasteiger partial charge on any atom is 0.0589 e. The highest BCUT2D eigenvalue weighted by Gasteiger charge is 2.10. The molecule has 0 aromatic carbocycles. The van der Waals surface area contributed by atoms with Gasteiger partial charge in [0.25, 0.3) is 0 Å². The van der Waals surface area contributed by atoms with Crippen molar-refractivity contribution in [2.24, 2.45) is 0 Å². The van der Waals surface area contributed by atoms with E-state index < -0.39 is 0 Å². The first-order valence-corrected chi connectivity index (χ1v) is 11.7. The lowest BCUT2D eigenvalue weighted by Crippen LogP contribution is -2.32. The molecule has 0 radical (unpaired) electrons. The fraction of sp³-hybridized carbons (Fsp3) is 1.00. The van der Waals surface area contributed by atoms with Gasteiger partial charge in [0, 0.05) is 26.7 Å². The van der Waals surface area contributed by atoms with Crippen molar-refractivity contribution >= 4 is 15.8 Å². The molecule has 0 N–H and O–H groups in total. The van der Waals surface area contributed by atoms with Gasteiger partial charge in [-0.3, -0.25) is 0 Å². The van der Waals surface area contributed by atoms with Crippen LogP contribution in [0.25, 0.3) is 0 Å². The second-order valence-corrected chi connectivity index (χ2v) is 11.0. The summed E-state index contributed by atoms with van der Waals surface area (Å²) in [5.41, 5.74) is 0. The Morgan fingerprint density at radius 1 is 0.737 bits per heavy atom. The van der Waals surface area contributed by atoms with Crippen molar-refractivity contribution in [3.05, 3.63) is 0 Å². The van der Waals surface area contributed by atoms with Crippen molar-refractivity contribution in [1.29, 1.82) is 0 Å². The van der Waals surface area contributed by atoms with E-state index in [-0.39, 0.29) is 15.8 Å². The van der Waals surface area contributed by atoms with Crippen LogP contribution in [0, 0.1) is 0 Å². The van der Waals surface area contributed by atoms with Gasteiger partial charge in [-0.1, -0.05) is 27.7 Å². The first-order valence-electron chi connectivity index (χ1n) is 7.87. The van der Waals surface area contributed by atoms with E-state index in [1.807, 2.05) is 7.11 Å². The first-order chi connectivity index (χ1) is 9.21. The Hall–Kier alpha value is 0.780. The minimum atomic E-state index is 0.286. The largest absolute Gasteiger partial charge is 0.383 e. The number of methoxy groups -OCH3 is 1. The van der Waals surface area contributed by atoms with Crippen LogP contribution in [0.2, 0.25) is 0 Å². The van der Waals surface area contributed by atoms with Gasteiger partial charge in [-0.05, 0) is 37.0 Å². The topological polar surface area (TPSA) is 12.5 Å². The fourth-order valence-corrected chi connectivity index (χ4v) is 5.49. The smallest absolute Gasteiger partial charge is 0.0589 e. The zero-order chi connectivity index (χ0) is 14.5. The standard InChI is InChI=1S/C15H35NOP2/c1-6-18(7-2)14-11-16(10-13-17-5)12-15-19(8-3)9-4/h6-15H2,1-5H3. The molecule has 0 spiro atoms. The molecule has 0 saturated heterocycles. The highest BCUT2D eigenvalue weighted by Crippen LogP contribution is 2.35. The minimum Gasteiger partial charge on any atom is -0.383 e. The molecular formula is C15H35NOP2. The Bertz CT molecular complexity index is 169. The fourth-order valence-electron chi connectivity index (χ4n) is 2.20. The Kier molecular flexibility index (Phi) is 14.3. The third kappa shape index (κ3) is 10.2. The summed E-state index contributed by atoms with van der Waals surface area (Å²) in [5.74, 6) is 0. The van der Waals surface area contributed by atoms with E-state index in [4.69, 9.17) is 4.74 Å². The first kappa shape index (κ1) is 19.8. The third-order valence-corrected chi connectivity index (χ3v) is 9.11.